The van der Waals surface area contributed by atoms with Crippen LogP contribution in [0.15, 0.2) is 24.3 Å². The number of benzene rings is 1. The molecular weight excluding hydrogens is 198 g/mol. The van der Waals surface area contributed by atoms with Gasteiger partial charge in [-0.2, -0.15) is 0 Å². The molecule has 0 saturated carbocycles. The first-order valence-electron chi connectivity index (χ1n) is 6.09. The quantitative estimate of drug-likeness (QED) is 0.748. The second-order valence-electron chi connectivity index (χ2n) is 3.90. The Morgan fingerprint density at radius 3 is 2.31 bits per heavy atom. The summed E-state index contributed by atoms with van der Waals surface area (Å²) in [5.41, 5.74) is 2.49. The monoisotopic (exact) mass is 219 g/mol. The van der Waals surface area contributed by atoms with Crippen LogP contribution in [0.4, 0.5) is 0 Å². The number of carbonyl (C=O) groups excluding carboxylic acids is 1. The third kappa shape index (κ3) is 3.37. The van der Waals surface area contributed by atoms with E-state index in [1.54, 1.807) is 0 Å². The highest BCUT2D eigenvalue weighted by atomic mass is 16.2. The molecular formula is C14H21NO. The van der Waals surface area contributed by atoms with Gasteiger partial charge in [0.05, 0.1) is 0 Å². The maximum atomic E-state index is 11.4. The lowest BCUT2D eigenvalue weighted by atomic mass is 10.1. The number of amides is 1. The molecule has 88 valence electrons. The van der Waals surface area contributed by atoms with Gasteiger partial charge in [0.25, 0.3) is 0 Å². The molecule has 0 N–H and O–H groups in total. The minimum Gasteiger partial charge on any atom is -0.338 e. The summed E-state index contributed by atoms with van der Waals surface area (Å²) in [4.78, 5) is 13.3. The van der Waals surface area contributed by atoms with E-state index in [9.17, 15) is 4.79 Å². The van der Waals surface area contributed by atoms with E-state index in [0.717, 1.165) is 25.9 Å². The van der Waals surface area contributed by atoms with Crippen LogP contribution >= 0.6 is 0 Å². The zero-order valence-electron chi connectivity index (χ0n) is 10.5. The van der Waals surface area contributed by atoms with Crippen molar-refractivity contribution in [3.05, 3.63) is 35.4 Å². The Hall–Kier alpha value is -1.31. The van der Waals surface area contributed by atoms with E-state index in [2.05, 4.69) is 31.2 Å². The zero-order valence-corrected chi connectivity index (χ0v) is 10.5. The largest absolute Gasteiger partial charge is 0.338 e. The minimum atomic E-state index is 0.297. The Morgan fingerprint density at radius 1 is 1.19 bits per heavy atom. The summed E-state index contributed by atoms with van der Waals surface area (Å²) in [5, 5.41) is 0. The van der Waals surface area contributed by atoms with Crippen molar-refractivity contribution >= 4 is 5.91 Å². The molecule has 0 radical (unpaired) electrons. The molecule has 1 saturated heterocycles. The van der Waals surface area contributed by atoms with E-state index in [4.69, 9.17) is 0 Å². The third-order valence-corrected chi connectivity index (χ3v) is 2.67. The van der Waals surface area contributed by atoms with Gasteiger partial charge < -0.3 is 4.90 Å². The van der Waals surface area contributed by atoms with E-state index in [0.29, 0.717) is 5.91 Å². The Morgan fingerprint density at radius 2 is 1.81 bits per heavy atom. The molecule has 2 nitrogen and oxygen atoms in total. The van der Waals surface area contributed by atoms with Crippen LogP contribution in [0.2, 0.25) is 0 Å². The predicted molar refractivity (Wildman–Crippen MR) is 67.2 cm³/mol. The van der Waals surface area contributed by atoms with E-state index in [-0.39, 0.29) is 0 Å². The van der Waals surface area contributed by atoms with Crippen LogP contribution in [0.5, 0.6) is 0 Å². The van der Waals surface area contributed by atoms with Crippen molar-refractivity contribution in [2.45, 2.75) is 40.2 Å². The molecule has 2 heteroatoms. The van der Waals surface area contributed by atoms with Crippen LogP contribution in [-0.4, -0.2) is 17.4 Å². The molecule has 0 spiro atoms. The number of nitrogens with zero attached hydrogens (tertiary/aromatic N) is 1. The summed E-state index contributed by atoms with van der Waals surface area (Å²) in [6.07, 6.45) is 1.75. The first-order valence-corrected chi connectivity index (χ1v) is 6.09. The van der Waals surface area contributed by atoms with E-state index >= 15 is 0 Å². The highest BCUT2D eigenvalue weighted by molar-refractivity contribution is 5.78. The van der Waals surface area contributed by atoms with Gasteiger partial charge in [0.2, 0.25) is 5.91 Å². The fourth-order valence-corrected chi connectivity index (χ4v) is 1.79. The normalized spacial score (nSPS) is 14.7. The average molecular weight is 219 g/mol. The molecule has 0 unspecified atom stereocenters. The summed E-state index contributed by atoms with van der Waals surface area (Å²) >= 11 is 0. The van der Waals surface area contributed by atoms with Crippen LogP contribution in [0.3, 0.4) is 0 Å². The van der Waals surface area contributed by atoms with Gasteiger partial charge in [-0.05, 0) is 18.9 Å². The first-order chi connectivity index (χ1) is 7.75. The third-order valence-electron chi connectivity index (χ3n) is 2.67. The van der Waals surface area contributed by atoms with Crippen LogP contribution < -0.4 is 0 Å². The molecule has 1 aliphatic rings. The van der Waals surface area contributed by atoms with Gasteiger partial charge in [-0.15, -0.1) is 0 Å². The summed E-state index contributed by atoms with van der Waals surface area (Å²) < 4.78 is 0. The van der Waals surface area contributed by atoms with Gasteiger partial charge >= 0.3 is 0 Å². The molecule has 1 heterocycles. The molecule has 0 aliphatic carbocycles. The molecule has 1 fully saturated rings. The lowest BCUT2D eigenvalue weighted by Gasteiger charge is -2.15. The van der Waals surface area contributed by atoms with Crippen LogP contribution in [-0.2, 0) is 11.3 Å². The number of carbonyl (C=O) groups is 1. The average Bonchev–Trinajstić information content (AvgIpc) is 2.71. The van der Waals surface area contributed by atoms with E-state index in [1.807, 2.05) is 18.7 Å². The Labute approximate surface area is 98.3 Å². The summed E-state index contributed by atoms with van der Waals surface area (Å²) in [6.45, 7) is 7.77. The lowest BCUT2D eigenvalue weighted by Crippen LogP contribution is -2.23. The second-order valence-corrected chi connectivity index (χ2v) is 3.90. The van der Waals surface area contributed by atoms with Crippen molar-refractivity contribution in [3.8, 4) is 0 Å². The van der Waals surface area contributed by atoms with E-state index < -0.39 is 0 Å². The maximum Gasteiger partial charge on any atom is 0.222 e. The predicted octanol–water partition coefficient (Wildman–Crippen LogP) is 3.14. The van der Waals surface area contributed by atoms with Gasteiger partial charge in [-0.25, -0.2) is 0 Å². The fourth-order valence-electron chi connectivity index (χ4n) is 1.79. The molecule has 0 bridgehead atoms. The molecule has 16 heavy (non-hydrogen) atoms. The van der Waals surface area contributed by atoms with Crippen LogP contribution in [0.25, 0.3) is 0 Å². The van der Waals surface area contributed by atoms with Crippen molar-refractivity contribution in [3.63, 3.8) is 0 Å². The smallest absolute Gasteiger partial charge is 0.222 e. The Kier molecular flexibility index (Phi) is 5.03. The topological polar surface area (TPSA) is 20.3 Å². The van der Waals surface area contributed by atoms with Crippen molar-refractivity contribution < 1.29 is 4.79 Å². The van der Waals surface area contributed by atoms with Gasteiger partial charge in [0, 0.05) is 19.5 Å². The summed E-state index contributed by atoms with van der Waals surface area (Å²) in [6, 6.07) is 8.38. The number of aryl methyl sites for hydroxylation is 1. The SMILES string of the molecule is CC.Cc1ccc(CN2CCCC2=O)cc1. The molecule has 1 aliphatic heterocycles. The van der Waals surface area contributed by atoms with Crippen molar-refractivity contribution in [1.29, 1.82) is 0 Å². The number of rotatable bonds is 2. The number of hydrogen-bond donors (Lipinski definition) is 0. The Balaban J connectivity index is 0.000000606. The highest BCUT2D eigenvalue weighted by Gasteiger charge is 2.19. The van der Waals surface area contributed by atoms with Crippen LogP contribution in [0.1, 0.15) is 37.8 Å². The number of hydrogen-bond acceptors (Lipinski definition) is 1. The maximum absolute atomic E-state index is 11.4. The molecule has 1 aromatic rings. The molecule has 0 atom stereocenters. The Bertz CT molecular complexity index is 329. The van der Waals surface area contributed by atoms with Crippen molar-refractivity contribution in [1.82, 2.24) is 4.90 Å². The second kappa shape index (κ2) is 6.31. The number of likely N-dealkylation sites (tertiary alicyclic amines) is 1. The summed E-state index contributed by atoms with van der Waals surface area (Å²) in [5.74, 6) is 0.297. The van der Waals surface area contributed by atoms with Crippen LogP contribution in [0, 0.1) is 6.92 Å². The molecule has 2 rings (SSSR count). The van der Waals surface area contributed by atoms with Crippen molar-refractivity contribution in [2.75, 3.05) is 6.54 Å². The molecule has 1 aromatic carbocycles. The van der Waals surface area contributed by atoms with E-state index in [1.165, 1.54) is 11.1 Å². The molecule has 0 aromatic heterocycles. The molecule has 1 amide bonds. The van der Waals surface area contributed by atoms with Gasteiger partial charge in [-0.3, -0.25) is 4.79 Å². The highest BCUT2D eigenvalue weighted by Crippen LogP contribution is 2.14. The minimum absolute atomic E-state index is 0.297. The van der Waals surface area contributed by atoms with Crippen molar-refractivity contribution in [2.24, 2.45) is 0 Å². The first kappa shape index (κ1) is 12.8. The lowest BCUT2D eigenvalue weighted by molar-refractivity contribution is -0.128. The van der Waals surface area contributed by atoms with Gasteiger partial charge in [-0.1, -0.05) is 43.7 Å². The fraction of sp³-hybridized carbons (Fsp3) is 0.500. The van der Waals surface area contributed by atoms with Gasteiger partial charge in [0.1, 0.15) is 0 Å². The standard InChI is InChI=1S/C12H15NO.C2H6/c1-10-4-6-11(7-5-10)9-13-8-2-3-12(13)14;1-2/h4-7H,2-3,8-9H2,1H3;1-2H3. The summed E-state index contributed by atoms with van der Waals surface area (Å²) in [7, 11) is 0. The van der Waals surface area contributed by atoms with Gasteiger partial charge in [0.15, 0.2) is 0 Å². The zero-order chi connectivity index (χ0) is 12.0.